The molecule has 2 rings (SSSR count). The Bertz CT molecular complexity index is 486. The standard InChI is InChI=1S/C12H18N4O/c1-3-9-7-10(16(4-2)15-9)11-8-14-12(17-11)5-6-13/h7-8H,3-6,13H2,1-2H3. The van der Waals surface area contributed by atoms with Gasteiger partial charge in [-0.15, -0.1) is 0 Å². The molecule has 0 bridgehead atoms. The van der Waals surface area contributed by atoms with Gasteiger partial charge in [0.25, 0.3) is 0 Å². The first-order valence-corrected chi connectivity index (χ1v) is 6.00. The molecule has 0 saturated heterocycles. The summed E-state index contributed by atoms with van der Waals surface area (Å²) in [5.74, 6) is 1.45. The second kappa shape index (κ2) is 5.14. The van der Waals surface area contributed by atoms with Crippen LogP contribution in [0.25, 0.3) is 11.5 Å². The molecule has 0 atom stereocenters. The Labute approximate surface area is 101 Å². The van der Waals surface area contributed by atoms with E-state index in [0.29, 0.717) is 18.9 Å². The van der Waals surface area contributed by atoms with Crippen LogP contribution in [-0.4, -0.2) is 21.3 Å². The average Bonchev–Trinajstić information content (AvgIpc) is 2.94. The van der Waals surface area contributed by atoms with Crippen LogP contribution in [0.15, 0.2) is 16.7 Å². The molecule has 5 heteroatoms. The third-order valence-electron chi connectivity index (χ3n) is 2.66. The van der Waals surface area contributed by atoms with Crippen molar-refractivity contribution in [2.45, 2.75) is 33.2 Å². The van der Waals surface area contributed by atoms with Gasteiger partial charge in [0, 0.05) is 19.5 Å². The van der Waals surface area contributed by atoms with Crippen molar-refractivity contribution < 1.29 is 4.42 Å². The number of hydrogen-bond acceptors (Lipinski definition) is 4. The van der Waals surface area contributed by atoms with Gasteiger partial charge in [-0.1, -0.05) is 6.92 Å². The van der Waals surface area contributed by atoms with Crippen molar-refractivity contribution in [2.24, 2.45) is 5.73 Å². The lowest BCUT2D eigenvalue weighted by Crippen LogP contribution is -2.02. The van der Waals surface area contributed by atoms with Crippen LogP contribution in [0.4, 0.5) is 0 Å². The molecule has 0 radical (unpaired) electrons. The van der Waals surface area contributed by atoms with Crippen molar-refractivity contribution in [1.29, 1.82) is 0 Å². The predicted octanol–water partition coefficient (Wildman–Crippen LogP) is 1.62. The van der Waals surface area contributed by atoms with Crippen LogP contribution in [0.5, 0.6) is 0 Å². The molecule has 0 aliphatic heterocycles. The zero-order chi connectivity index (χ0) is 12.3. The molecule has 0 fully saturated rings. The van der Waals surface area contributed by atoms with E-state index in [-0.39, 0.29) is 0 Å². The van der Waals surface area contributed by atoms with Crippen molar-refractivity contribution >= 4 is 0 Å². The minimum absolute atomic E-state index is 0.549. The maximum atomic E-state index is 5.66. The first kappa shape index (κ1) is 11.9. The maximum absolute atomic E-state index is 5.66. The van der Waals surface area contributed by atoms with Crippen molar-refractivity contribution in [2.75, 3.05) is 6.54 Å². The highest BCUT2D eigenvalue weighted by Crippen LogP contribution is 2.22. The molecule has 0 unspecified atom stereocenters. The fourth-order valence-corrected chi connectivity index (χ4v) is 1.75. The largest absolute Gasteiger partial charge is 0.439 e. The summed E-state index contributed by atoms with van der Waals surface area (Å²) in [6, 6.07) is 2.05. The summed E-state index contributed by atoms with van der Waals surface area (Å²) in [6.45, 7) is 5.52. The molecule has 0 amide bonds. The van der Waals surface area contributed by atoms with E-state index in [2.05, 4.69) is 30.0 Å². The van der Waals surface area contributed by atoms with E-state index >= 15 is 0 Å². The van der Waals surface area contributed by atoms with Gasteiger partial charge in [0.15, 0.2) is 11.7 Å². The lowest BCUT2D eigenvalue weighted by molar-refractivity contribution is 0.501. The summed E-state index contributed by atoms with van der Waals surface area (Å²) in [5, 5.41) is 4.48. The van der Waals surface area contributed by atoms with E-state index in [0.717, 1.165) is 30.1 Å². The third kappa shape index (κ3) is 2.39. The van der Waals surface area contributed by atoms with Gasteiger partial charge in [-0.05, 0) is 19.4 Å². The van der Waals surface area contributed by atoms with Crippen LogP contribution >= 0.6 is 0 Å². The Balaban J connectivity index is 2.33. The van der Waals surface area contributed by atoms with Crippen molar-refractivity contribution in [3.63, 3.8) is 0 Å². The molecule has 2 aromatic heterocycles. The smallest absolute Gasteiger partial charge is 0.196 e. The molecule has 0 saturated carbocycles. The Morgan fingerprint density at radius 3 is 2.88 bits per heavy atom. The van der Waals surface area contributed by atoms with Crippen LogP contribution in [0.3, 0.4) is 0 Å². The number of hydrogen-bond donors (Lipinski definition) is 1. The zero-order valence-electron chi connectivity index (χ0n) is 10.3. The third-order valence-corrected chi connectivity index (χ3v) is 2.66. The number of rotatable bonds is 5. The topological polar surface area (TPSA) is 69.9 Å². The first-order chi connectivity index (χ1) is 8.28. The fraction of sp³-hybridized carbons (Fsp3) is 0.500. The first-order valence-electron chi connectivity index (χ1n) is 6.00. The molecule has 92 valence electrons. The number of nitrogens with two attached hydrogens (primary N) is 1. The van der Waals surface area contributed by atoms with E-state index in [1.165, 1.54) is 0 Å². The SMILES string of the molecule is CCc1cc(-c2cnc(CCN)o2)n(CC)n1. The van der Waals surface area contributed by atoms with Gasteiger partial charge in [-0.2, -0.15) is 5.10 Å². The summed E-state index contributed by atoms with van der Waals surface area (Å²) in [6.07, 6.45) is 3.33. The summed E-state index contributed by atoms with van der Waals surface area (Å²) >= 11 is 0. The minimum atomic E-state index is 0.549. The van der Waals surface area contributed by atoms with Gasteiger partial charge in [0.05, 0.1) is 11.9 Å². The molecule has 0 spiro atoms. The van der Waals surface area contributed by atoms with E-state index in [1.807, 2.05) is 4.68 Å². The monoisotopic (exact) mass is 234 g/mol. The van der Waals surface area contributed by atoms with Crippen molar-refractivity contribution in [3.8, 4) is 11.5 Å². The number of nitrogens with zero attached hydrogens (tertiary/aromatic N) is 3. The van der Waals surface area contributed by atoms with E-state index in [4.69, 9.17) is 10.2 Å². The molecular formula is C12H18N4O. The summed E-state index contributed by atoms with van der Waals surface area (Å²) < 4.78 is 7.59. The van der Waals surface area contributed by atoms with Crippen LogP contribution in [-0.2, 0) is 19.4 Å². The molecule has 2 heterocycles. The quantitative estimate of drug-likeness (QED) is 0.853. The molecular weight excluding hydrogens is 216 g/mol. The number of aryl methyl sites for hydroxylation is 2. The van der Waals surface area contributed by atoms with Gasteiger partial charge in [-0.3, -0.25) is 4.68 Å². The molecule has 0 aliphatic carbocycles. The fourth-order valence-electron chi connectivity index (χ4n) is 1.75. The number of oxazole rings is 1. The van der Waals surface area contributed by atoms with Crippen LogP contribution < -0.4 is 5.73 Å². The Hall–Kier alpha value is -1.62. The minimum Gasteiger partial charge on any atom is -0.439 e. The van der Waals surface area contributed by atoms with Gasteiger partial charge < -0.3 is 10.2 Å². The van der Waals surface area contributed by atoms with E-state index < -0.39 is 0 Å². The lowest BCUT2D eigenvalue weighted by Gasteiger charge is -1.99. The molecule has 2 aromatic rings. The highest BCUT2D eigenvalue weighted by atomic mass is 16.4. The highest BCUT2D eigenvalue weighted by Gasteiger charge is 2.12. The van der Waals surface area contributed by atoms with Crippen molar-refractivity contribution in [3.05, 3.63) is 23.8 Å². The highest BCUT2D eigenvalue weighted by molar-refractivity contribution is 5.52. The van der Waals surface area contributed by atoms with Gasteiger partial charge >= 0.3 is 0 Å². The van der Waals surface area contributed by atoms with Gasteiger partial charge in [0.2, 0.25) is 0 Å². The average molecular weight is 234 g/mol. The number of aromatic nitrogens is 3. The van der Waals surface area contributed by atoms with Gasteiger partial charge in [-0.25, -0.2) is 4.98 Å². The molecule has 17 heavy (non-hydrogen) atoms. The Morgan fingerprint density at radius 1 is 1.41 bits per heavy atom. The molecule has 5 nitrogen and oxygen atoms in total. The predicted molar refractivity (Wildman–Crippen MR) is 65.5 cm³/mol. The molecule has 0 aliphatic rings. The van der Waals surface area contributed by atoms with E-state index in [9.17, 15) is 0 Å². The Kier molecular flexibility index (Phi) is 3.58. The maximum Gasteiger partial charge on any atom is 0.196 e. The normalized spacial score (nSPS) is 11.0. The summed E-state index contributed by atoms with van der Waals surface area (Å²) in [4.78, 5) is 4.21. The molecule has 0 aromatic carbocycles. The second-order valence-electron chi connectivity index (χ2n) is 3.85. The lowest BCUT2D eigenvalue weighted by atomic mass is 10.3. The van der Waals surface area contributed by atoms with E-state index in [1.54, 1.807) is 6.20 Å². The summed E-state index contributed by atoms with van der Waals surface area (Å²) in [7, 11) is 0. The Morgan fingerprint density at radius 2 is 2.24 bits per heavy atom. The summed E-state index contributed by atoms with van der Waals surface area (Å²) in [5.41, 5.74) is 7.53. The second-order valence-corrected chi connectivity index (χ2v) is 3.85. The van der Waals surface area contributed by atoms with Gasteiger partial charge in [0.1, 0.15) is 5.69 Å². The van der Waals surface area contributed by atoms with Crippen LogP contribution in [0.2, 0.25) is 0 Å². The zero-order valence-corrected chi connectivity index (χ0v) is 10.3. The molecule has 2 N–H and O–H groups in total. The van der Waals surface area contributed by atoms with Crippen LogP contribution in [0.1, 0.15) is 25.4 Å². The van der Waals surface area contributed by atoms with Crippen molar-refractivity contribution in [1.82, 2.24) is 14.8 Å². The van der Waals surface area contributed by atoms with Crippen LogP contribution in [0, 0.1) is 0 Å².